The minimum absolute atomic E-state index is 0.458. The molecule has 0 saturated carbocycles. The van der Waals surface area contributed by atoms with Gasteiger partial charge in [0.1, 0.15) is 0 Å². The van der Waals surface area contributed by atoms with Gasteiger partial charge in [0.2, 0.25) is 0 Å². The molecule has 6 heteroatoms. The number of para-hydroxylation sites is 1. The molecule has 0 bridgehead atoms. The van der Waals surface area contributed by atoms with Crippen LogP contribution in [0.1, 0.15) is 30.9 Å². The van der Waals surface area contributed by atoms with E-state index < -0.39 is 0 Å². The van der Waals surface area contributed by atoms with E-state index >= 15 is 0 Å². The molecule has 1 aliphatic rings. The lowest BCUT2D eigenvalue weighted by atomic mass is 9.91. The minimum atomic E-state index is 0.458. The van der Waals surface area contributed by atoms with Crippen molar-refractivity contribution in [2.75, 3.05) is 26.2 Å². The van der Waals surface area contributed by atoms with Crippen LogP contribution in [0.3, 0.4) is 0 Å². The molecule has 4 rings (SSSR count). The number of ether oxygens (including phenoxy) is 1. The summed E-state index contributed by atoms with van der Waals surface area (Å²) in [5, 5.41) is 5.49. The van der Waals surface area contributed by atoms with E-state index in [4.69, 9.17) is 9.26 Å². The maximum Gasteiger partial charge on any atom is 0.316 e. The third-order valence-corrected chi connectivity index (χ3v) is 4.77. The van der Waals surface area contributed by atoms with Gasteiger partial charge in [-0.25, -0.2) is 9.97 Å². The first-order valence-corrected chi connectivity index (χ1v) is 8.86. The average Bonchev–Trinajstić information content (AvgIpc) is 3.11. The molecule has 0 aliphatic carbocycles. The summed E-state index contributed by atoms with van der Waals surface area (Å²) in [5.74, 6) is 0.494. The fourth-order valence-corrected chi connectivity index (χ4v) is 3.44. The van der Waals surface area contributed by atoms with Crippen molar-refractivity contribution in [2.45, 2.75) is 25.2 Å². The lowest BCUT2D eigenvalue weighted by molar-refractivity contribution is 0.187. The summed E-state index contributed by atoms with van der Waals surface area (Å²) in [6.45, 7) is 3.87. The SMILES string of the molecule is c1cnc(OCCCN2CCC(c3noc4ccccc34)CC2)nc1. The first kappa shape index (κ1) is 16.0. The van der Waals surface area contributed by atoms with Crippen LogP contribution in [0.5, 0.6) is 6.01 Å². The van der Waals surface area contributed by atoms with Gasteiger partial charge in [0.15, 0.2) is 5.58 Å². The average molecular weight is 338 g/mol. The highest BCUT2D eigenvalue weighted by Gasteiger charge is 2.24. The lowest BCUT2D eigenvalue weighted by Gasteiger charge is -2.31. The van der Waals surface area contributed by atoms with Gasteiger partial charge in [-0.05, 0) is 50.6 Å². The van der Waals surface area contributed by atoms with Crippen LogP contribution in [0, 0.1) is 0 Å². The molecule has 6 nitrogen and oxygen atoms in total. The number of rotatable bonds is 6. The van der Waals surface area contributed by atoms with Crippen molar-refractivity contribution in [1.29, 1.82) is 0 Å². The van der Waals surface area contributed by atoms with E-state index in [9.17, 15) is 0 Å². The van der Waals surface area contributed by atoms with Crippen molar-refractivity contribution in [3.63, 3.8) is 0 Å². The Morgan fingerprint density at radius 2 is 1.88 bits per heavy atom. The quantitative estimate of drug-likeness (QED) is 0.643. The maximum absolute atomic E-state index is 5.55. The molecular weight excluding hydrogens is 316 g/mol. The van der Waals surface area contributed by atoms with Crippen molar-refractivity contribution in [3.8, 4) is 6.01 Å². The lowest BCUT2D eigenvalue weighted by Crippen LogP contribution is -2.34. The maximum atomic E-state index is 5.55. The van der Waals surface area contributed by atoms with Crippen LogP contribution in [0.2, 0.25) is 0 Å². The summed E-state index contributed by atoms with van der Waals surface area (Å²) in [5.41, 5.74) is 2.01. The summed E-state index contributed by atoms with van der Waals surface area (Å²) in [7, 11) is 0. The van der Waals surface area contributed by atoms with Gasteiger partial charge >= 0.3 is 6.01 Å². The monoisotopic (exact) mass is 338 g/mol. The van der Waals surface area contributed by atoms with Gasteiger partial charge in [-0.2, -0.15) is 0 Å². The summed E-state index contributed by atoms with van der Waals surface area (Å²) in [6, 6.07) is 10.4. The number of hydrogen-bond acceptors (Lipinski definition) is 6. The van der Waals surface area contributed by atoms with Gasteiger partial charge in [0.25, 0.3) is 0 Å². The van der Waals surface area contributed by atoms with Gasteiger partial charge in [-0.1, -0.05) is 17.3 Å². The van der Waals surface area contributed by atoms with Crippen LogP contribution >= 0.6 is 0 Å². The zero-order valence-corrected chi connectivity index (χ0v) is 14.2. The van der Waals surface area contributed by atoms with E-state index in [0.717, 1.165) is 55.6 Å². The summed E-state index contributed by atoms with van der Waals surface area (Å²) >= 11 is 0. The molecule has 1 aliphatic heterocycles. The summed E-state index contributed by atoms with van der Waals surface area (Å²) < 4.78 is 11.0. The van der Waals surface area contributed by atoms with E-state index in [-0.39, 0.29) is 0 Å². The van der Waals surface area contributed by atoms with Crippen molar-refractivity contribution in [1.82, 2.24) is 20.0 Å². The first-order chi connectivity index (χ1) is 12.4. The summed E-state index contributed by atoms with van der Waals surface area (Å²) in [6.07, 6.45) is 6.62. The molecule has 1 saturated heterocycles. The molecular formula is C19H22N4O2. The fourth-order valence-electron chi connectivity index (χ4n) is 3.44. The van der Waals surface area contributed by atoms with Gasteiger partial charge in [-0.15, -0.1) is 0 Å². The zero-order valence-electron chi connectivity index (χ0n) is 14.2. The van der Waals surface area contributed by atoms with Crippen molar-refractivity contribution in [3.05, 3.63) is 48.4 Å². The number of hydrogen-bond donors (Lipinski definition) is 0. The highest BCUT2D eigenvalue weighted by atomic mass is 16.5. The van der Waals surface area contributed by atoms with Gasteiger partial charge in [-0.3, -0.25) is 0 Å². The zero-order chi connectivity index (χ0) is 16.9. The van der Waals surface area contributed by atoms with Gasteiger partial charge in [0.05, 0.1) is 12.3 Å². The molecule has 3 heterocycles. The van der Waals surface area contributed by atoms with Crippen LogP contribution in [0.4, 0.5) is 0 Å². The molecule has 0 amide bonds. The number of fused-ring (bicyclic) bond motifs is 1. The Balaban J connectivity index is 1.23. The number of piperidine rings is 1. The minimum Gasteiger partial charge on any atom is -0.463 e. The van der Waals surface area contributed by atoms with Gasteiger partial charge < -0.3 is 14.2 Å². The Morgan fingerprint density at radius 3 is 2.72 bits per heavy atom. The molecule has 1 fully saturated rings. The largest absolute Gasteiger partial charge is 0.463 e. The molecule has 0 N–H and O–H groups in total. The summed E-state index contributed by atoms with van der Waals surface area (Å²) in [4.78, 5) is 10.6. The van der Waals surface area contributed by atoms with Gasteiger partial charge in [0, 0.05) is 30.2 Å². The third-order valence-electron chi connectivity index (χ3n) is 4.77. The molecule has 130 valence electrons. The predicted octanol–water partition coefficient (Wildman–Crippen LogP) is 3.27. The van der Waals surface area contributed by atoms with Crippen LogP contribution in [0.15, 0.2) is 47.2 Å². The van der Waals surface area contributed by atoms with Crippen LogP contribution in [0.25, 0.3) is 11.0 Å². The van der Waals surface area contributed by atoms with Crippen molar-refractivity contribution >= 4 is 11.0 Å². The molecule has 2 aromatic heterocycles. The third kappa shape index (κ3) is 3.79. The second-order valence-electron chi connectivity index (χ2n) is 6.41. The van der Waals surface area contributed by atoms with E-state index in [1.807, 2.05) is 12.1 Å². The van der Waals surface area contributed by atoms with E-state index in [2.05, 4.69) is 32.2 Å². The Morgan fingerprint density at radius 1 is 1.08 bits per heavy atom. The Kier molecular flexibility index (Phi) is 4.88. The standard InChI is InChI=1S/C19H22N4O2/c1-2-6-17-16(5-1)18(22-25-17)15-7-12-23(13-8-15)11-4-14-24-19-20-9-3-10-21-19/h1-3,5-6,9-10,15H,4,7-8,11-14H2. The molecule has 0 unspecified atom stereocenters. The fraction of sp³-hybridized carbons (Fsp3) is 0.421. The van der Waals surface area contributed by atoms with E-state index in [1.54, 1.807) is 18.5 Å². The van der Waals surface area contributed by atoms with Crippen LogP contribution in [-0.4, -0.2) is 46.3 Å². The van der Waals surface area contributed by atoms with Crippen LogP contribution < -0.4 is 4.74 Å². The van der Waals surface area contributed by atoms with E-state index in [0.29, 0.717) is 18.5 Å². The van der Waals surface area contributed by atoms with Crippen molar-refractivity contribution < 1.29 is 9.26 Å². The smallest absolute Gasteiger partial charge is 0.316 e. The van der Waals surface area contributed by atoms with Crippen LogP contribution in [-0.2, 0) is 0 Å². The molecule has 25 heavy (non-hydrogen) atoms. The highest BCUT2D eigenvalue weighted by Crippen LogP contribution is 2.32. The molecule has 0 spiro atoms. The second kappa shape index (κ2) is 7.61. The topological polar surface area (TPSA) is 64.3 Å². The second-order valence-corrected chi connectivity index (χ2v) is 6.41. The first-order valence-electron chi connectivity index (χ1n) is 8.86. The highest BCUT2D eigenvalue weighted by molar-refractivity contribution is 5.79. The number of likely N-dealkylation sites (tertiary alicyclic amines) is 1. The normalized spacial score (nSPS) is 16.3. The molecule has 0 atom stereocenters. The number of aromatic nitrogens is 3. The molecule has 3 aromatic rings. The number of nitrogens with zero attached hydrogens (tertiary/aromatic N) is 4. The Labute approximate surface area is 146 Å². The van der Waals surface area contributed by atoms with E-state index in [1.165, 1.54) is 0 Å². The Bertz CT molecular complexity index is 797. The molecule has 0 radical (unpaired) electrons. The predicted molar refractivity (Wildman–Crippen MR) is 94.6 cm³/mol. The molecule has 1 aromatic carbocycles. The Hall–Kier alpha value is -2.47. The van der Waals surface area contributed by atoms with Crippen molar-refractivity contribution in [2.24, 2.45) is 0 Å². The number of benzene rings is 1.